The first kappa shape index (κ1) is 18.7. The summed E-state index contributed by atoms with van der Waals surface area (Å²) >= 11 is 4.71. The standard InChI is InChI=1S/C18H10BrFN4O2S/c19-13-3-1-2-11(6-13)16-10-27-18(23-16)12(8-21)9-22-14-4-5-15(20)17(7-14)24(25)26/h1-7,9-10,22H. The number of hydrogen-bond donors (Lipinski definition) is 1. The van der Waals surface area contributed by atoms with Crippen molar-refractivity contribution in [1.29, 1.82) is 5.26 Å². The summed E-state index contributed by atoms with van der Waals surface area (Å²) in [5, 5.41) is 25.3. The van der Waals surface area contributed by atoms with Crippen LogP contribution < -0.4 is 5.32 Å². The molecule has 0 fully saturated rings. The summed E-state index contributed by atoms with van der Waals surface area (Å²) in [5.74, 6) is -0.923. The second-order valence-corrected chi connectivity index (χ2v) is 7.06. The minimum Gasteiger partial charge on any atom is -0.360 e. The second-order valence-electron chi connectivity index (χ2n) is 5.29. The summed E-state index contributed by atoms with van der Waals surface area (Å²) in [4.78, 5) is 14.5. The molecular formula is C18H10BrFN4O2S. The molecule has 3 rings (SSSR count). The number of nitrogens with zero attached hydrogens (tertiary/aromatic N) is 3. The van der Waals surface area contributed by atoms with Crippen molar-refractivity contribution in [1.82, 2.24) is 4.98 Å². The van der Waals surface area contributed by atoms with Gasteiger partial charge in [-0.1, -0.05) is 28.1 Å². The van der Waals surface area contributed by atoms with Gasteiger partial charge in [0, 0.05) is 33.4 Å². The fourth-order valence-electron chi connectivity index (χ4n) is 2.22. The van der Waals surface area contributed by atoms with E-state index in [2.05, 4.69) is 26.2 Å². The van der Waals surface area contributed by atoms with Crippen LogP contribution in [0.15, 0.2) is 58.5 Å². The minimum absolute atomic E-state index is 0.258. The van der Waals surface area contributed by atoms with Crippen molar-refractivity contribution in [3.8, 4) is 17.3 Å². The molecular weight excluding hydrogens is 435 g/mol. The van der Waals surface area contributed by atoms with E-state index in [0.29, 0.717) is 10.7 Å². The lowest BCUT2D eigenvalue weighted by Crippen LogP contribution is -1.96. The van der Waals surface area contributed by atoms with Gasteiger partial charge in [-0.3, -0.25) is 10.1 Å². The molecule has 0 aliphatic rings. The number of benzene rings is 2. The molecule has 1 aromatic heterocycles. The van der Waals surface area contributed by atoms with E-state index in [-0.39, 0.29) is 5.57 Å². The third-order valence-corrected chi connectivity index (χ3v) is 4.87. The van der Waals surface area contributed by atoms with Gasteiger partial charge in [0.1, 0.15) is 16.6 Å². The molecule has 0 bridgehead atoms. The predicted molar refractivity (Wildman–Crippen MR) is 106 cm³/mol. The Labute approximate surface area is 165 Å². The first-order valence-electron chi connectivity index (χ1n) is 7.50. The number of halogens is 2. The van der Waals surface area contributed by atoms with Gasteiger partial charge in [-0.2, -0.15) is 9.65 Å². The maximum atomic E-state index is 13.4. The fraction of sp³-hybridized carbons (Fsp3) is 0. The normalized spacial score (nSPS) is 11.1. The molecule has 0 spiro atoms. The molecule has 1 N–H and O–H groups in total. The number of anilines is 1. The van der Waals surface area contributed by atoms with Gasteiger partial charge in [0.15, 0.2) is 0 Å². The number of nitrogens with one attached hydrogen (secondary N) is 1. The number of aromatic nitrogens is 1. The van der Waals surface area contributed by atoms with Crippen molar-refractivity contribution in [3.05, 3.63) is 79.5 Å². The van der Waals surface area contributed by atoms with E-state index in [1.165, 1.54) is 23.6 Å². The average Bonchev–Trinajstić information content (AvgIpc) is 3.13. The molecule has 0 amide bonds. The Balaban J connectivity index is 1.85. The van der Waals surface area contributed by atoms with Crippen LogP contribution in [0.25, 0.3) is 16.8 Å². The molecule has 0 aliphatic carbocycles. The van der Waals surface area contributed by atoms with Crippen LogP contribution >= 0.6 is 27.3 Å². The maximum Gasteiger partial charge on any atom is 0.306 e. The van der Waals surface area contributed by atoms with Gasteiger partial charge < -0.3 is 5.32 Å². The van der Waals surface area contributed by atoms with Crippen LogP contribution in [0.2, 0.25) is 0 Å². The number of nitro groups is 1. The van der Waals surface area contributed by atoms with Gasteiger partial charge in [0.25, 0.3) is 0 Å². The van der Waals surface area contributed by atoms with Gasteiger partial charge in [0.2, 0.25) is 5.82 Å². The highest BCUT2D eigenvalue weighted by atomic mass is 79.9. The van der Waals surface area contributed by atoms with Crippen LogP contribution in [0.5, 0.6) is 0 Å². The highest BCUT2D eigenvalue weighted by Gasteiger charge is 2.14. The molecule has 6 nitrogen and oxygen atoms in total. The van der Waals surface area contributed by atoms with Crippen LogP contribution in [-0.2, 0) is 0 Å². The molecule has 0 unspecified atom stereocenters. The van der Waals surface area contributed by atoms with Gasteiger partial charge >= 0.3 is 5.69 Å². The monoisotopic (exact) mass is 444 g/mol. The molecule has 3 aromatic rings. The molecule has 1 heterocycles. The molecule has 0 saturated heterocycles. The van der Waals surface area contributed by atoms with Crippen LogP contribution in [0.3, 0.4) is 0 Å². The van der Waals surface area contributed by atoms with Gasteiger partial charge in [-0.05, 0) is 24.3 Å². The van der Waals surface area contributed by atoms with Crippen molar-refractivity contribution < 1.29 is 9.31 Å². The number of rotatable bonds is 5. The number of nitro benzene ring substituents is 1. The SMILES string of the molecule is N#CC(=CNc1ccc(F)c([N+](=O)[O-])c1)c1nc(-c2cccc(Br)c2)cs1. The lowest BCUT2D eigenvalue weighted by Gasteiger charge is -2.02. The minimum atomic E-state index is -0.923. The fourth-order valence-corrected chi connectivity index (χ4v) is 3.41. The molecule has 9 heteroatoms. The first-order chi connectivity index (χ1) is 13.0. The molecule has 0 radical (unpaired) electrons. The Morgan fingerprint density at radius 1 is 1.37 bits per heavy atom. The zero-order valence-corrected chi connectivity index (χ0v) is 15.9. The lowest BCUT2D eigenvalue weighted by molar-refractivity contribution is -0.387. The molecule has 0 aliphatic heterocycles. The van der Waals surface area contributed by atoms with Crippen molar-refractivity contribution >= 4 is 44.2 Å². The summed E-state index contributed by atoms with van der Waals surface area (Å²) in [7, 11) is 0. The highest BCUT2D eigenvalue weighted by molar-refractivity contribution is 9.10. The van der Waals surface area contributed by atoms with E-state index in [0.717, 1.165) is 27.9 Å². The smallest absolute Gasteiger partial charge is 0.306 e. The van der Waals surface area contributed by atoms with E-state index < -0.39 is 16.4 Å². The van der Waals surface area contributed by atoms with Crippen LogP contribution in [0.4, 0.5) is 15.8 Å². The van der Waals surface area contributed by atoms with E-state index in [4.69, 9.17) is 0 Å². The van der Waals surface area contributed by atoms with Crippen molar-refractivity contribution in [2.75, 3.05) is 5.32 Å². The molecule has 2 aromatic carbocycles. The molecule has 134 valence electrons. The number of hydrogen-bond acceptors (Lipinski definition) is 6. The van der Waals surface area contributed by atoms with Gasteiger partial charge in [-0.25, -0.2) is 4.98 Å². The van der Waals surface area contributed by atoms with E-state index in [1.807, 2.05) is 35.7 Å². The predicted octanol–water partition coefficient (Wildman–Crippen LogP) is 5.60. The Morgan fingerprint density at radius 2 is 2.19 bits per heavy atom. The topological polar surface area (TPSA) is 91.8 Å². The zero-order valence-electron chi connectivity index (χ0n) is 13.5. The van der Waals surface area contributed by atoms with Crippen molar-refractivity contribution in [3.63, 3.8) is 0 Å². The van der Waals surface area contributed by atoms with E-state index >= 15 is 0 Å². The molecule has 27 heavy (non-hydrogen) atoms. The summed E-state index contributed by atoms with van der Waals surface area (Å²) in [6.45, 7) is 0. The first-order valence-corrected chi connectivity index (χ1v) is 9.18. The maximum absolute atomic E-state index is 13.4. The number of nitriles is 1. The van der Waals surface area contributed by atoms with Crippen LogP contribution in [0, 0.1) is 27.3 Å². The third kappa shape index (κ3) is 4.36. The summed E-state index contributed by atoms with van der Waals surface area (Å²) < 4.78 is 14.3. The molecule has 0 atom stereocenters. The largest absolute Gasteiger partial charge is 0.360 e. The lowest BCUT2D eigenvalue weighted by atomic mass is 10.2. The van der Waals surface area contributed by atoms with Gasteiger partial charge in [0.05, 0.1) is 10.6 Å². The zero-order chi connectivity index (χ0) is 19.4. The average molecular weight is 445 g/mol. The van der Waals surface area contributed by atoms with E-state index in [1.54, 1.807) is 0 Å². The Morgan fingerprint density at radius 3 is 2.89 bits per heavy atom. The summed E-state index contributed by atoms with van der Waals surface area (Å²) in [6, 6.07) is 13.1. The second kappa shape index (κ2) is 8.07. The Kier molecular flexibility index (Phi) is 5.59. The Hall–Kier alpha value is -3.09. The highest BCUT2D eigenvalue weighted by Crippen LogP contribution is 2.28. The van der Waals surface area contributed by atoms with Gasteiger partial charge in [-0.15, -0.1) is 11.3 Å². The number of thiazole rings is 1. The summed E-state index contributed by atoms with van der Waals surface area (Å²) in [6.07, 6.45) is 1.39. The number of allylic oxidation sites excluding steroid dienone is 1. The third-order valence-electron chi connectivity index (χ3n) is 3.50. The summed E-state index contributed by atoms with van der Waals surface area (Å²) in [5.41, 5.74) is 1.55. The molecule has 0 saturated carbocycles. The van der Waals surface area contributed by atoms with E-state index in [9.17, 15) is 19.8 Å². The quantitative estimate of drug-likeness (QED) is 0.314. The van der Waals surface area contributed by atoms with Crippen LogP contribution in [-0.4, -0.2) is 9.91 Å². The Bertz CT molecular complexity index is 1090. The van der Waals surface area contributed by atoms with Crippen LogP contribution in [0.1, 0.15) is 5.01 Å². The van der Waals surface area contributed by atoms with Crippen molar-refractivity contribution in [2.24, 2.45) is 0 Å². The van der Waals surface area contributed by atoms with Crippen molar-refractivity contribution in [2.45, 2.75) is 0 Å².